The first-order valence-corrected chi connectivity index (χ1v) is 5.75. The SMILES string of the molecule is Fc1cccc(-c2noc(C3CNCCO3)n2)c1. The van der Waals surface area contributed by atoms with Crippen LogP contribution in [0.2, 0.25) is 0 Å². The van der Waals surface area contributed by atoms with Crippen molar-refractivity contribution >= 4 is 0 Å². The molecule has 0 amide bonds. The van der Waals surface area contributed by atoms with E-state index in [0.29, 0.717) is 30.4 Å². The fourth-order valence-electron chi connectivity index (χ4n) is 1.83. The van der Waals surface area contributed by atoms with E-state index in [1.54, 1.807) is 12.1 Å². The zero-order chi connectivity index (χ0) is 12.4. The maximum atomic E-state index is 13.1. The second-order valence-electron chi connectivity index (χ2n) is 4.03. The van der Waals surface area contributed by atoms with Gasteiger partial charge in [0.25, 0.3) is 5.89 Å². The van der Waals surface area contributed by atoms with Crippen molar-refractivity contribution in [1.82, 2.24) is 15.5 Å². The molecule has 1 aromatic heterocycles. The Labute approximate surface area is 103 Å². The minimum Gasteiger partial charge on any atom is -0.366 e. The van der Waals surface area contributed by atoms with E-state index in [4.69, 9.17) is 9.26 Å². The molecule has 18 heavy (non-hydrogen) atoms. The van der Waals surface area contributed by atoms with Crippen molar-refractivity contribution in [2.24, 2.45) is 0 Å². The van der Waals surface area contributed by atoms with Crippen LogP contribution in [-0.2, 0) is 4.74 Å². The van der Waals surface area contributed by atoms with Gasteiger partial charge in [-0.25, -0.2) is 4.39 Å². The minimum absolute atomic E-state index is 0.228. The predicted octanol–water partition coefficient (Wildman–Crippen LogP) is 1.54. The summed E-state index contributed by atoms with van der Waals surface area (Å²) in [5.41, 5.74) is 0.591. The number of ether oxygens (including phenoxy) is 1. The molecule has 2 heterocycles. The maximum absolute atomic E-state index is 13.1. The predicted molar refractivity (Wildman–Crippen MR) is 61.3 cm³/mol. The van der Waals surface area contributed by atoms with E-state index in [1.807, 2.05) is 0 Å². The number of hydrogen-bond donors (Lipinski definition) is 1. The van der Waals surface area contributed by atoms with E-state index < -0.39 is 0 Å². The number of benzene rings is 1. The lowest BCUT2D eigenvalue weighted by molar-refractivity contribution is 0.00755. The Morgan fingerprint density at radius 3 is 3.11 bits per heavy atom. The Balaban J connectivity index is 1.84. The molecule has 0 saturated carbocycles. The largest absolute Gasteiger partial charge is 0.366 e. The number of halogens is 1. The highest BCUT2D eigenvalue weighted by molar-refractivity contribution is 5.53. The van der Waals surface area contributed by atoms with Crippen molar-refractivity contribution in [2.45, 2.75) is 6.10 Å². The van der Waals surface area contributed by atoms with Crippen molar-refractivity contribution in [3.8, 4) is 11.4 Å². The molecule has 94 valence electrons. The molecule has 1 aliphatic rings. The zero-order valence-electron chi connectivity index (χ0n) is 9.60. The van der Waals surface area contributed by atoms with Gasteiger partial charge in [0.2, 0.25) is 5.82 Å². The van der Waals surface area contributed by atoms with E-state index in [-0.39, 0.29) is 11.9 Å². The topological polar surface area (TPSA) is 60.2 Å². The van der Waals surface area contributed by atoms with Gasteiger partial charge in [-0.3, -0.25) is 0 Å². The average molecular weight is 249 g/mol. The summed E-state index contributed by atoms with van der Waals surface area (Å²) in [7, 11) is 0. The van der Waals surface area contributed by atoms with E-state index >= 15 is 0 Å². The summed E-state index contributed by atoms with van der Waals surface area (Å²) in [5, 5.41) is 7.02. The van der Waals surface area contributed by atoms with Gasteiger partial charge in [-0.2, -0.15) is 4.98 Å². The quantitative estimate of drug-likeness (QED) is 0.874. The van der Waals surface area contributed by atoms with E-state index in [2.05, 4.69) is 15.5 Å². The lowest BCUT2D eigenvalue weighted by Gasteiger charge is -2.19. The van der Waals surface area contributed by atoms with Crippen LogP contribution in [0, 0.1) is 5.82 Å². The van der Waals surface area contributed by atoms with Gasteiger partial charge in [-0.1, -0.05) is 17.3 Å². The molecule has 0 bridgehead atoms. The highest BCUT2D eigenvalue weighted by Crippen LogP contribution is 2.21. The smallest absolute Gasteiger partial charge is 0.257 e. The van der Waals surface area contributed by atoms with Gasteiger partial charge in [0.15, 0.2) is 0 Å². The third-order valence-electron chi connectivity index (χ3n) is 2.73. The van der Waals surface area contributed by atoms with Crippen molar-refractivity contribution < 1.29 is 13.7 Å². The Kier molecular flexibility index (Phi) is 3.04. The maximum Gasteiger partial charge on any atom is 0.257 e. The molecule has 5 nitrogen and oxygen atoms in total. The first-order chi connectivity index (χ1) is 8.83. The first-order valence-electron chi connectivity index (χ1n) is 5.75. The third kappa shape index (κ3) is 2.25. The number of hydrogen-bond acceptors (Lipinski definition) is 5. The third-order valence-corrected chi connectivity index (χ3v) is 2.73. The summed E-state index contributed by atoms with van der Waals surface area (Å²) >= 11 is 0. The molecule has 1 unspecified atom stereocenters. The summed E-state index contributed by atoms with van der Waals surface area (Å²) in [6.45, 7) is 2.08. The van der Waals surface area contributed by atoms with E-state index in [0.717, 1.165) is 6.54 Å². The minimum atomic E-state index is -0.325. The zero-order valence-corrected chi connectivity index (χ0v) is 9.60. The van der Waals surface area contributed by atoms with Crippen molar-refractivity contribution in [3.63, 3.8) is 0 Å². The molecular weight excluding hydrogens is 237 g/mol. The normalized spacial score (nSPS) is 19.9. The summed E-state index contributed by atoms with van der Waals surface area (Å²) in [4.78, 5) is 4.24. The summed E-state index contributed by atoms with van der Waals surface area (Å²) in [6, 6.07) is 6.09. The Bertz CT molecular complexity index is 538. The number of rotatable bonds is 2. The standard InChI is InChI=1S/C12H12FN3O2/c13-9-3-1-2-8(6-9)11-15-12(18-16-11)10-7-14-4-5-17-10/h1-3,6,10,14H,4-5,7H2. The van der Waals surface area contributed by atoms with Gasteiger partial charge in [0, 0.05) is 18.7 Å². The lowest BCUT2D eigenvalue weighted by atomic mass is 10.2. The fourth-order valence-corrected chi connectivity index (χ4v) is 1.83. The van der Waals surface area contributed by atoms with Gasteiger partial charge in [0.05, 0.1) is 6.61 Å². The van der Waals surface area contributed by atoms with Crippen LogP contribution >= 0.6 is 0 Å². The van der Waals surface area contributed by atoms with Crippen molar-refractivity contribution in [1.29, 1.82) is 0 Å². The molecule has 1 atom stereocenters. The summed E-state index contributed by atoms with van der Waals surface area (Å²) in [6.07, 6.45) is -0.228. The van der Waals surface area contributed by atoms with Gasteiger partial charge in [-0.05, 0) is 12.1 Å². The van der Waals surface area contributed by atoms with Crippen LogP contribution in [0.15, 0.2) is 28.8 Å². The molecule has 1 N–H and O–H groups in total. The van der Waals surface area contributed by atoms with Crippen LogP contribution in [0.4, 0.5) is 4.39 Å². The second kappa shape index (κ2) is 4.83. The first kappa shape index (κ1) is 11.3. The Morgan fingerprint density at radius 1 is 1.39 bits per heavy atom. The molecule has 1 aliphatic heterocycles. The van der Waals surface area contributed by atoms with Gasteiger partial charge in [0.1, 0.15) is 11.9 Å². The Morgan fingerprint density at radius 2 is 2.33 bits per heavy atom. The molecule has 1 saturated heterocycles. The van der Waals surface area contributed by atoms with Crippen LogP contribution in [0.3, 0.4) is 0 Å². The van der Waals surface area contributed by atoms with Crippen LogP contribution < -0.4 is 5.32 Å². The Hall–Kier alpha value is -1.79. The van der Waals surface area contributed by atoms with E-state index in [1.165, 1.54) is 12.1 Å². The molecule has 0 aliphatic carbocycles. The molecule has 6 heteroatoms. The highest BCUT2D eigenvalue weighted by Gasteiger charge is 2.22. The fraction of sp³-hybridized carbons (Fsp3) is 0.333. The van der Waals surface area contributed by atoms with E-state index in [9.17, 15) is 4.39 Å². The van der Waals surface area contributed by atoms with Crippen molar-refractivity contribution in [3.05, 3.63) is 36.0 Å². The number of morpholine rings is 1. The van der Waals surface area contributed by atoms with Crippen LogP contribution in [0.25, 0.3) is 11.4 Å². The van der Waals surface area contributed by atoms with Gasteiger partial charge < -0.3 is 14.6 Å². The lowest BCUT2D eigenvalue weighted by Crippen LogP contribution is -2.33. The number of nitrogens with one attached hydrogen (secondary N) is 1. The molecule has 1 aromatic carbocycles. The second-order valence-corrected chi connectivity index (χ2v) is 4.03. The average Bonchev–Trinajstić information content (AvgIpc) is 2.89. The molecule has 2 aromatic rings. The summed E-state index contributed by atoms with van der Waals surface area (Å²) in [5.74, 6) is 0.467. The van der Waals surface area contributed by atoms with Crippen LogP contribution in [-0.4, -0.2) is 29.8 Å². The molecule has 0 radical (unpaired) electrons. The van der Waals surface area contributed by atoms with Gasteiger partial charge >= 0.3 is 0 Å². The highest BCUT2D eigenvalue weighted by atomic mass is 19.1. The van der Waals surface area contributed by atoms with Crippen LogP contribution in [0.5, 0.6) is 0 Å². The number of nitrogens with zero attached hydrogens (tertiary/aromatic N) is 2. The van der Waals surface area contributed by atoms with Crippen LogP contribution in [0.1, 0.15) is 12.0 Å². The molecule has 0 spiro atoms. The molecule has 3 rings (SSSR count). The molecular formula is C12H12FN3O2. The number of aromatic nitrogens is 2. The summed E-state index contributed by atoms with van der Waals surface area (Å²) < 4.78 is 23.7. The monoisotopic (exact) mass is 249 g/mol. The molecule has 1 fully saturated rings. The van der Waals surface area contributed by atoms with Gasteiger partial charge in [-0.15, -0.1) is 0 Å². The van der Waals surface area contributed by atoms with Crippen molar-refractivity contribution in [2.75, 3.05) is 19.7 Å².